The molecule has 0 aliphatic heterocycles. The molecule has 3 nitrogen and oxygen atoms in total. The number of aromatic nitrogens is 2. The summed E-state index contributed by atoms with van der Waals surface area (Å²) in [4.78, 5) is 0. The first kappa shape index (κ1) is 12.4. The van der Waals surface area contributed by atoms with Crippen molar-refractivity contribution in [2.24, 2.45) is 0 Å². The van der Waals surface area contributed by atoms with Gasteiger partial charge in [-0.25, -0.2) is 0 Å². The summed E-state index contributed by atoms with van der Waals surface area (Å²) in [5, 5.41) is 14.6. The van der Waals surface area contributed by atoms with Crippen LogP contribution in [0, 0.1) is 0 Å². The number of benzene rings is 1. The Labute approximate surface area is 110 Å². The van der Waals surface area contributed by atoms with E-state index in [1.807, 2.05) is 12.1 Å². The fraction of sp³-hybridized carbons (Fsp3) is 0.250. The summed E-state index contributed by atoms with van der Waals surface area (Å²) in [6, 6.07) is 5.50. The molecule has 0 aliphatic carbocycles. The molecule has 1 heterocycles. The van der Waals surface area contributed by atoms with Gasteiger partial charge in [-0.3, -0.25) is 4.68 Å². The summed E-state index contributed by atoms with van der Waals surface area (Å²) in [6.07, 6.45) is 2.92. The van der Waals surface area contributed by atoms with Gasteiger partial charge in [0.1, 0.15) is 0 Å². The predicted octanol–water partition coefficient (Wildman–Crippen LogP) is 3.29. The van der Waals surface area contributed by atoms with Crippen molar-refractivity contribution in [1.29, 1.82) is 0 Å². The third kappa shape index (κ3) is 2.80. The number of hydrogen-bond donors (Lipinski definition) is 1. The quantitative estimate of drug-likeness (QED) is 0.930. The minimum atomic E-state index is -0.515. The van der Waals surface area contributed by atoms with Crippen LogP contribution < -0.4 is 0 Å². The van der Waals surface area contributed by atoms with Gasteiger partial charge in [0.05, 0.1) is 28.9 Å². The van der Waals surface area contributed by atoms with Crippen LogP contribution in [0.15, 0.2) is 30.6 Å². The van der Waals surface area contributed by atoms with Gasteiger partial charge in [-0.2, -0.15) is 5.10 Å². The Kier molecular flexibility index (Phi) is 3.72. The second-order valence-corrected chi connectivity index (χ2v) is 4.65. The van der Waals surface area contributed by atoms with Crippen molar-refractivity contribution >= 4 is 23.2 Å². The van der Waals surface area contributed by atoms with Gasteiger partial charge >= 0.3 is 0 Å². The lowest BCUT2D eigenvalue weighted by Gasteiger charge is -2.05. The van der Waals surface area contributed by atoms with E-state index in [0.717, 1.165) is 11.1 Å². The molecule has 2 rings (SSSR count). The van der Waals surface area contributed by atoms with E-state index in [1.165, 1.54) is 0 Å². The molecule has 1 atom stereocenters. The summed E-state index contributed by atoms with van der Waals surface area (Å²) in [5.41, 5.74) is 1.68. The van der Waals surface area contributed by atoms with Crippen LogP contribution in [0.5, 0.6) is 0 Å². The molecule has 0 amide bonds. The van der Waals surface area contributed by atoms with Crippen LogP contribution in [0.3, 0.4) is 0 Å². The zero-order valence-electron chi connectivity index (χ0n) is 9.27. The standard InChI is InChI=1S/C12H12Cl2N2O/c1-8(17)10-5-15-16(7-10)6-9-3-2-4-11(13)12(9)14/h2-5,7-8,17H,6H2,1H3. The lowest BCUT2D eigenvalue weighted by atomic mass is 10.2. The van der Waals surface area contributed by atoms with Crippen molar-refractivity contribution in [3.63, 3.8) is 0 Å². The van der Waals surface area contributed by atoms with Crippen molar-refractivity contribution in [3.8, 4) is 0 Å². The second-order valence-electron chi connectivity index (χ2n) is 3.86. The smallest absolute Gasteiger partial charge is 0.0792 e. The van der Waals surface area contributed by atoms with Gasteiger partial charge in [-0.1, -0.05) is 35.3 Å². The Bertz CT molecular complexity index is 523. The average Bonchev–Trinajstić information content (AvgIpc) is 2.73. The summed E-state index contributed by atoms with van der Waals surface area (Å²) in [6.45, 7) is 2.24. The first-order valence-corrected chi connectivity index (χ1v) is 5.97. The first-order chi connectivity index (χ1) is 8.08. The molecule has 0 saturated heterocycles. The van der Waals surface area contributed by atoms with Gasteiger partial charge in [0.25, 0.3) is 0 Å². The molecule has 90 valence electrons. The SMILES string of the molecule is CC(O)c1cnn(Cc2cccc(Cl)c2Cl)c1. The van der Waals surface area contributed by atoms with Crippen LogP contribution in [0.4, 0.5) is 0 Å². The molecule has 0 aliphatic rings. The fourth-order valence-corrected chi connectivity index (χ4v) is 1.91. The molecule has 0 bridgehead atoms. The van der Waals surface area contributed by atoms with Crippen LogP contribution in [-0.2, 0) is 6.54 Å². The highest BCUT2D eigenvalue weighted by Crippen LogP contribution is 2.26. The Morgan fingerprint density at radius 3 is 2.82 bits per heavy atom. The minimum Gasteiger partial charge on any atom is -0.389 e. The van der Waals surface area contributed by atoms with Crippen molar-refractivity contribution in [2.75, 3.05) is 0 Å². The largest absolute Gasteiger partial charge is 0.389 e. The number of halogens is 2. The van der Waals surface area contributed by atoms with Gasteiger partial charge in [0.2, 0.25) is 0 Å². The highest BCUT2D eigenvalue weighted by molar-refractivity contribution is 6.42. The zero-order chi connectivity index (χ0) is 12.4. The summed E-state index contributed by atoms with van der Waals surface area (Å²) in [7, 11) is 0. The maximum Gasteiger partial charge on any atom is 0.0792 e. The molecular weight excluding hydrogens is 259 g/mol. The van der Waals surface area contributed by atoms with Crippen LogP contribution in [0.2, 0.25) is 10.0 Å². The maximum absolute atomic E-state index is 9.40. The van der Waals surface area contributed by atoms with Crippen LogP contribution >= 0.6 is 23.2 Å². The number of nitrogens with zero attached hydrogens (tertiary/aromatic N) is 2. The fourth-order valence-electron chi connectivity index (χ4n) is 1.53. The van der Waals surface area contributed by atoms with E-state index in [2.05, 4.69) is 5.10 Å². The number of rotatable bonds is 3. The number of aliphatic hydroxyl groups is 1. The number of aliphatic hydroxyl groups excluding tert-OH is 1. The van der Waals surface area contributed by atoms with Gasteiger partial charge in [0.15, 0.2) is 0 Å². The van der Waals surface area contributed by atoms with E-state index in [4.69, 9.17) is 23.2 Å². The molecule has 17 heavy (non-hydrogen) atoms. The lowest BCUT2D eigenvalue weighted by Crippen LogP contribution is -2.00. The van der Waals surface area contributed by atoms with Gasteiger partial charge in [-0.05, 0) is 18.6 Å². The van der Waals surface area contributed by atoms with Gasteiger partial charge in [-0.15, -0.1) is 0 Å². The Balaban J connectivity index is 2.22. The molecule has 1 N–H and O–H groups in total. The summed E-state index contributed by atoms with van der Waals surface area (Å²) >= 11 is 12.0. The molecule has 5 heteroatoms. The van der Waals surface area contributed by atoms with E-state index in [1.54, 1.807) is 30.1 Å². The third-order valence-electron chi connectivity index (χ3n) is 2.50. The average molecular weight is 271 g/mol. The molecule has 1 aromatic heterocycles. The third-order valence-corrected chi connectivity index (χ3v) is 3.36. The second kappa shape index (κ2) is 5.08. The van der Waals surface area contributed by atoms with Crippen molar-refractivity contribution in [1.82, 2.24) is 9.78 Å². The number of hydrogen-bond acceptors (Lipinski definition) is 2. The Morgan fingerprint density at radius 1 is 1.41 bits per heavy atom. The van der Waals surface area contributed by atoms with Crippen molar-refractivity contribution < 1.29 is 5.11 Å². The van der Waals surface area contributed by atoms with Crippen molar-refractivity contribution in [3.05, 3.63) is 51.8 Å². The minimum absolute atomic E-state index is 0.515. The molecule has 0 saturated carbocycles. The highest BCUT2D eigenvalue weighted by Gasteiger charge is 2.07. The summed E-state index contributed by atoms with van der Waals surface area (Å²) in [5.74, 6) is 0. The Morgan fingerprint density at radius 2 is 2.18 bits per heavy atom. The van der Waals surface area contributed by atoms with E-state index in [0.29, 0.717) is 16.6 Å². The Hall–Kier alpha value is -1.03. The maximum atomic E-state index is 9.40. The highest BCUT2D eigenvalue weighted by atomic mass is 35.5. The normalized spacial score (nSPS) is 12.7. The zero-order valence-corrected chi connectivity index (χ0v) is 10.8. The molecule has 0 radical (unpaired) electrons. The molecule has 1 unspecified atom stereocenters. The van der Waals surface area contributed by atoms with Crippen LogP contribution in [-0.4, -0.2) is 14.9 Å². The van der Waals surface area contributed by atoms with Gasteiger partial charge in [0, 0.05) is 11.8 Å². The monoisotopic (exact) mass is 270 g/mol. The van der Waals surface area contributed by atoms with E-state index < -0.39 is 6.10 Å². The van der Waals surface area contributed by atoms with Gasteiger partial charge < -0.3 is 5.11 Å². The van der Waals surface area contributed by atoms with E-state index in [9.17, 15) is 5.11 Å². The topological polar surface area (TPSA) is 38.1 Å². The first-order valence-electron chi connectivity index (χ1n) is 5.21. The summed E-state index contributed by atoms with van der Waals surface area (Å²) < 4.78 is 1.72. The molecule has 1 aromatic carbocycles. The lowest BCUT2D eigenvalue weighted by molar-refractivity contribution is 0.199. The van der Waals surface area contributed by atoms with Crippen LogP contribution in [0.1, 0.15) is 24.2 Å². The van der Waals surface area contributed by atoms with Crippen LogP contribution in [0.25, 0.3) is 0 Å². The van der Waals surface area contributed by atoms with E-state index in [-0.39, 0.29) is 0 Å². The predicted molar refractivity (Wildman–Crippen MR) is 68.4 cm³/mol. The molecule has 2 aromatic rings. The van der Waals surface area contributed by atoms with E-state index >= 15 is 0 Å². The molecular formula is C12H12Cl2N2O. The van der Waals surface area contributed by atoms with Crippen molar-refractivity contribution in [2.45, 2.75) is 19.6 Å². The molecule has 0 spiro atoms. The molecule has 0 fully saturated rings.